The Labute approximate surface area is 156 Å². The van der Waals surface area contributed by atoms with Crippen molar-refractivity contribution in [2.45, 2.75) is 58.7 Å². The molecule has 1 aromatic rings. The van der Waals surface area contributed by atoms with Crippen molar-refractivity contribution in [2.24, 2.45) is 5.92 Å². The summed E-state index contributed by atoms with van der Waals surface area (Å²) in [5, 5.41) is 0.185. The third-order valence-corrected chi connectivity index (χ3v) is 9.79. The molecule has 0 aliphatic heterocycles. The Morgan fingerprint density at radius 1 is 1.17 bits per heavy atom. The number of carbonyl (C=O) groups excluding carboxylic acids is 1. The predicted octanol–water partition coefficient (Wildman–Crippen LogP) is 5.58. The maximum atomic E-state index is 11.2. The second-order valence-electron chi connectivity index (χ2n) is 7.91. The maximum absolute atomic E-state index is 11.2. The second kappa shape index (κ2) is 9.16. The van der Waals surface area contributed by atoms with E-state index in [1.165, 1.54) is 12.5 Å². The molecule has 0 aliphatic carbocycles. The molecule has 136 valence electrons. The zero-order chi connectivity index (χ0) is 18.4. The fourth-order valence-electron chi connectivity index (χ4n) is 2.01. The molecule has 0 N–H and O–H groups in total. The smallest absolute Gasteiger partial charge is 0.302 e. The van der Waals surface area contributed by atoms with Crippen LogP contribution in [0.15, 0.2) is 28.7 Å². The van der Waals surface area contributed by atoms with Crippen LogP contribution >= 0.6 is 15.9 Å². The van der Waals surface area contributed by atoms with Gasteiger partial charge < -0.3 is 9.16 Å². The quantitative estimate of drug-likeness (QED) is 0.411. The van der Waals surface area contributed by atoms with Gasteiger partial charge in [-0.25, -0.2) is 0 Å². The fraction of sp³-hybridized carbons (Fsp3) is 0.632. The zero-order valence-electron chi connectivity index (χ0n) is 15.8. The van der Waals surface area contributed by atoms with Crippen molar-refractivity contribution in [3.63, 3.8) is 0 Å². The van der Waals surface area contributed by atoms with Crippen LogP contribution in [0.25, 0.3) is 0 Å². The monoisotopic (exact) mass is 414 g/mol. The molecule has 0 bridgehead atoms. The Balaban J connectivity index is 2.62. The standard InChI is InChI=1S/C19H31BrO3Si/c1-15(21)22-13-17(14-23-24(5,6)19(2,3)4)8-7-16-9-11-18(20)12-10-16/h9-12,17H,7-8,13-14H2,1-6H3. The van der Waals surface area contributed by atoms with Gasteiger partial charge in [-0.2, -0.15) is 0 Å². The van der Waals surface area contributed by atoms with Crippen LogP contribution in [0.5, 0.6) is 0 Å². The molecule has 0 spiro atoms. The molecule has 24 heavy (non-hydrogen) atoms. The first-order chi connectivity index (χ1) is 11.0. The summed E-state index contributed by atoms with van der Waals surface area (Å²) in [7, 11) is -1.79. The molecule has 3 nitrogen and oxygen atoms in total. The van der Waals surface area contributed by atoms with E-state index in [0.717, 1.165) is 17.3 Å². The minimum Gasteiger partial charge on any atom is -0.465 e. The van der Waals surface area contributed by atoms with Crippen LogP contribution in [0.3, 0.4) is 0 Å². The number of hydrogen-bond acceptors (Lipinski definition) is 3. The van der Waals surface area contributed by atoms with Crippen LogP contribution in [-0.4, -0.2) is 27.5 Å². The van der Waals surface area contributed by atoms with E-state index in [4.69, 9.17) is 9.16 Å². The van der Waals surface area contributed by atoms with Crippen LogP contribution in [0, 0.1) is 5.92 Å². The van der Waals surface area contributed by atoms with Crippen molar-refractivity contribution in [3.05, 3.63) is 34.3 Å². The molecule has 0 aromatic heterocycles. The fourth-order valence-corrected chi connectivity index (χ4v) is 3.36. The lowest BCUT2D eigenvalue weighted by molar-refractivity contribution is -0.142. The van der Waals surface area contributed by atoms with E-state index in [2.05, 4.69) is 74.1 Å². The highest BCUT2D eigenvalue weighted by Crippen LogP contribution is 2.37. The lowest BCUT2D eigenvalue weighted by Crippen LogP contribution is -2.42. The van der Waals surface area contributed by atoms with Gasteiger partial charge in [-0.3, -0.25) is 4.79 Å². The van der Waals surface area contributed by atoms with Crippen molar-refractivity contribution < 1.29 is 14.0 Å². The molecule has 0 amide bonds. The molecule has 0 aliphatic rings. The molecule has 1 rings (SSSR count). The van der Waals surface area contributed by atoms with Crippen LogP contribution in [-0.2, 0) is 20.4 Å². The summed E-state index contributed by atoms with van der Waals surface area (Å²) in [4.78, 5) is 11.2. The van der Waals surface area contributed by atoms with Crippen molar-refractivity contribution in [1.29, 1.82) is 0 Å². The number of benzene rings is 1. The maximum Gasteiger partial charge on any atom is 0.302 e. The summed E-state index contributed by atoms with van der Waals surface area (Å²) in [6, 6.07) is 8.37. The van der Waals surface area contributed by atoms with E-state index in [9.17, 15) is 4.79 Å². The van der Waals surface area contributed by atoms with Gasteiger partial charge in [0.15, 0.2) is 8.32 Å². The summed E-state index contributed by atoms with van der Waals surface area (Å²) in [5.41, 5.74) is 1.29. The highest BCUT2D eigenvalue weighted by Gasteiger charge is 2.37. The van der Waals surface area contributed by atoms with Gasteiger partial charge in [-0.05, 0) is 48.7 Å². The summed E-state index contributed by atoms with van der Waals surface area (Å²) in [6.07, 6.45) is 1.91. The van der Waals surface area contributed by atoms with Gasteiger partial charge in [0.2, 0.25) is 0 Å². The van der Waals surface area contributed by atoms with Crippen molar-refractivity contribution in [3.8, 4) is 0 Å². The van der Waals surface area contributed by atoms with Crippen molar-refractivity contribution in [1.82, 2.24) is 0 Å². The highest BCUT2D eigenvalue weighted by molar-refractivity contribution is 9.10. The Morgan fingerprint density at radius 3 is 2.25 bits per heavy atom. The number of esters is 1. The number of carbonyl (C=O) groups is 1. The first-order valence-corrected chi connectivity index (χ1v) is 12.2. The number of aryl methyl sites for hydroxylation is 1. The van der Waals surface area contributed by atoms with Crippen LogP contribution in [0.1, 0.15) is 39.7 Å². The Kier molecular flexibility index (Phi) is 8.16. The third kappa shape index (κ3) is 7.49. The van der Waals surface area contributed by atoms with Gasteiger partial charge in [-0.1, -0.05) is 48.8 Å². The second-order valence-corrected chi connectivity index (χ2v) is 13.6. The number of ether oxygens (including phenoxy) is 1. The van der Waals surface area contributed by atoms with E-state index in [-0.39, 0.29) is 16.9 Å². The Bertz CT molecular complexity index is 520. The molecular formula is C19H31BrO3Si. The molecule has 0 fully saturated rings. The van der Waals surface area contributed by atoms with Gasteiger partial charge in [0.25, 0.3) is 0 Å². The van der Waals surface area contributed by atoms with E-state index in [0.29, 0.717) is 13.2 Å². The van der Waals surface area contributed by atoms with Gasteiger partial charge in [0.05, 0.1) is 6.61 Å². The van der Waals surface area contributed by atoms with E-state index in [1.54, 1.807) is 0 Å². The highest BCUT2D eigenvalue weighted by atomic mass is 79.9. The molecule has 1 atom stereocenters. The number of hydrogen-bond donors (Lipinski definition) is 0. The number of rotatable bonds is 8. The van der Waals surface area contributed by atoms with Crippen LogP contribution in [0.4, 0.5) is 0 Å². The SMILES string of the molecule is CC(=O)OCC(CCc1ccc(Br)cc1)CO[Si](C)(C)C(C)(C)C. The Hall–Kier alpha value is -0.653. The molecular weight excluding hydrogens is 384 g/mol. The largest absolute Gasteiger partial charge is 0.465 e. The lowest BCUT2D eigenvalue weighted by atomic mass is 10.0. The van der Waals surface area contributed by atoms with Crippen LogP contribution in [0.2, 0.25) is 18.1 Å². The molecule has 0 radical (unpaired) electrons. The molecule has 5 heteroatoms. The van der Waals surface area contributed by atoms with E-state index < -0.39 is 8.32 Å². The zero-order valence-corrected chi connectivity index (χ0v) is 18.4. The van der Waals surface area contributed by atoms with Gasteiger partial charge in [0.1, 0.15) is 0 Å². The molecule has 0 saturated heterocycles. The average molecular weight is 415 g/mol. The van der Waals surface area contributed by atoms with Crippen LogP contribution < -0.4 is 0 Å². The van der Waals surface area contributed by atoms with E-state index >= 15 is 0 Å². The van der Waals surface area contributed by atoms with E-state index in [1.807, 2.05) is 0 Å². The summed E-state index contributed by atoms with van der Waals surface area (Å²) < 4.78 is 12.7. The molecule has 1 unspecified atom stereocenters. The van der Waals surface area contributed by atoms with Crippen molar-refractivity contribution >= 4 is 30.2 Å². The molecule has 0 heterocycles. The topological polar surface area (TPSA) is 35.5 Å². The third-order valence-electron chi connectivity index (χ3n) is 4.76. The average Bonchev–Trinajstić information content (AvgIpc) is 2.46. The summed E-state index contributed by atoms with van der Waals surface area (Å²) >= 11 is 3.46. The minimum atomic E-state index is -1.79. The predicted molar refractivity (Wildman–Crippen MR) is 106 cm³/mol. The minimum absolute atomic E-state index is 0.185. The summed E-state index contributed by atoms with van der Waals surface area (Å²) in [6.45, 7) is 13.8. The lowest BCUT2D eigenvalue weighted by Gasteiger charge is -2.37. The first kappa shape index (κ1) is 21.4. The summed E-state index contributed by atoms with van der Waals surface area (Å²) in [5.74, 6) is 0.00244. The van der Waals surface area contributed by atoms with Crippen molar-refractivity contribution in [2.75, 3.05) is 13.2 Å². The van der Waals surface area contributed by atoms with Gasteiger partial charge >= 0.3 is 5.97 Å². The molecule has 1 aromatic carbocycles. The molecule has 0 saturated carbocycles. The first-order valence-electron chi connectivity index (χ1n) is 8.53. The van der Waals surface area contributed by atoms with Gasteiger partial charge in [0, 0.05) is 23.9 Å². The normalized spacial score (nSPS) is 13.6. The van der Waals surface area contributed by atoms with Gasteiger partial charge in [-0.15, -0.1) is 0 Å². The number of halogens is 1. The Morgan fingerprint density at radius 2 is 1.75 bits per heavy atom.